The van der Waals surface area contributed by atoms with Gasteiger partial charge in [-0.05, 0) is 18.8 Å². The largest absolute Gasteiger partial charge is 0.402 e. The fraction of sp³-hybridized carbons (Fsp3) is 0.500. The molecule has 0 aromatic rings. The number of hydrogen-bond donors (Lipinski definition) is 3. The van der Waals surface area contributed by atoms with Crippen LogP contribution in [0.3, 0.4) is 0 Å². The summed E-state index contributed by atoms with van der Waals surface area (Å²) in [5.41, 5.74) is 11.6. The second-order valence-corrected chi connectivity index (χ2v) is 2.42. The summed E-state index contributed by atoms with van der Waals surface area (Å²) in [6.07, 6.45) is 4.02. The zero-order valence-electron chi connectivity index (χ0n) is 5.30. The third-order valence-corrected chi connectivity index (χ3v) is 1.38. The van der Waals surface area contributed by atoms with Gasteiger partial charge in [-0.3, -0.25) is 11.1 Å². The molecule has 3 heteroatoms. The summed E-state index contributed by atoms with van der Waals surface area (Å²) in [5.74, 6) is 0.867. The minimum Gasteiger partial charge on any atom is -0.402 e. The number of allylic oxidation sites excluding steroid dienone is 1. The Morgan fingerprint density at radius 2 is 2.00 bits per heavy atom. The van der Waals surface area contributed by atoms with E-state index in [1.165, 1.54) is 12.8 Å². The summed E-state index contributed by atoms with van der Waals surface area (Å²) in [7, 11) is 0. The van der Waals surface area contributed by atoms with Crippen molar-refractivity contribution in [2.75, 3.05) is 0 Å². The van der Waals surface area contributed by atoms with E-state index in [0.29, 0.717) is 11.8 Å². The highest BCUT2D eigenvalue weighted by Crippen LogP contribution is 2.33. The van der Waals surface area contributed by atoms with E-state index in [2.05, 4.69) is 0 Å². The van der Waals surface area contributed by atoms with E-state index in [1.54, 1.807) is 6.08 Å². The van der Waals surface area contributed by atoms with Crippen molar-refractivity contribution >= 4 is 5.84 Å². The van der Waals surface area contributed by atoms with Crippen molar-refractivity contribution in [3.8, 4) is 0 Å². The lowest BCUT2D eigenvalue weighted by molar-refractivity contribution is -0.113. The highest BCUT2D eigenvalue weighted by molar-refractivity contribution is 5.86. The quantitative estimate of drug-likeness (QED) is 0.306. The zero-order chi connectivity index (χ0) is 6.85. The molecule has 0 radical (unpaired) electrons. The first-order valence-electron chi connectivity index (χ1n) is 3.05. The van der Waals surface area contributed by atoms with Gasteiger partial charge in [0.1, 0.15) is 0 Å². The van der Waals surface area contributed by atoms with Crippen molar-refractivity contribution in [2.45, 2.75) is 12.8 Å². The smallest absolute Gasteiger partial charge is 0.265 e. The minimum absolute atomic E-state index is 0.305. The van der Waals surface area contributed by atoms with Crippen LogP contribution in [0, 0.1) is 5.92 Å². The average Bonchev–Trinajstić information content (AvgIpc) is 2.40. The summed E-state index contributed by atoms with van der Waals surface area (Å²) in [6, 6.07) is 0. The van der Waals surface area contributed by atoms with Gasteiger partial charge in [0.25, 0.3) is 5.84 Å². The Morgan fingerprint density at radius 3 is 2.33 bits per heavy atom. The molecule has 0 saturated heterocycles. The molecule has 0 aromatic carbocycles. The molecule has 9 heavy (non-hydrogen) atoms. The van der Waals surface area contributed by atoms with E-state index in [9.17, 15) is 0 Å². The molecule has 0 spiro atoms. The van der Waals surface area contributed by atoms with E-state index >= 15 is 0 Å². The van der Waals surface area contributed by atoms with Crippen LogP contribution in [0.2, 0.25) is 0 Å². The fourth-order valence-electron chi connectivity index (χ4n) is 0.727. The van der Waals surface area contributed by atoms with Crippen molar-refractivity contribution < 1.29 is 5.41 Å². The van der Waals surface area contributed by atoms with Gasteiger partial charge in [0.05, 0.1) is 0 Å². The lowest BCUT2D eigenvalue weighted by atomic mass is 10.3. The predicted octanol–water partition coefficient (Wildman–Crippen LogP) is -1.64. The SMILES string of the molecule is NC(=[NH2+])/C=C(\N)C1CC1. The van der Waals surface area contributed by atoms with Crippen molar-refractivity contribution in [3.63, 3.8) is 0 Å². The number of hydrogen-bond acceptors (Lipinski definition) is 1. The lowest BCUT2D eigenvalue weighted by Gasteiger charge is -1.91. The van der Waals surface area contributed by atoms with Gasteiger partial charge < -0.3 is 5.73 Å². The first kappa shape index (κ1) is 6.13. The first-order chi connectivity index (χ1) is 4.20. The molecule has 6 N–H and O–H groups in total. The van der Waals surface area contributed by atoms with E-state index in [0.717, 1.165) is 5.70 Å². The third kappa shape index (κ3) is 1.76. The van der Waals surface area contributed by atoms with E-state index in [-0.39, 0.29) is 0 Å². The summed E-state index contributed by atoms with van der Waals surface area (Å²) in [5, 5.41) is 5.20. The van der Waals surface area contributed by atoms with Gasteiger partial charge in [0.15, 0.2) is 0 Å². The molecule has 1 saturated carbocycles. The molecule has 0 aromatic heterocycles. The Kier molecular flexibility index (Phi) is 1.42. The Bertz CT molecular complexity index is 156. The summed E-state index contributed by atoms with van der Waals surface area (Å²) in [4.78, 5) is 0. The molecular formula is C6H12N3+. The molecule has 0 bridgehead atoms. The maximum atomic E-state index is 5.56. The van der Waals surface area contributed by atoms with E-state index < -0.39 is 0 Å². The van der Waals surface area contributed by atoms with Crippen molar-refractivity contribution in [3.05, 3.63) is 11.8 Å². The Balaban J connectivity index is 2.47. The predicted molar refractivity (Wildman–Crippen MR) is 36.1 cm³/mol. The van der Waals surface area contributed by atoms with Gasteiger partial charge in [-0.15, -0.1) is 0 Å². The number of nitrogens with two attached hydrogens (primary N) is 3. The van der Waals surface area contributed by atoms with Crippen LogP contribution in [-0.2, 0) is 0 Å². The van der Waals surface area contributed by atoms with E-state index in [1.807, 2.05) is 0 Å². The number of amidine groups is 1. The molecule has 0 atom stereocenters. The van der Waals surface area contributed by atoms with Crippen LogP contribution in [0.1, 0.15) is 12.8 Å². The molecule has 0 amide bonds. The van der Waals surface area contributed by atoms with Gasteiger partial charge in [-0.2, -0.15) is 0 Å². The van der Waals surface area contributed by atoms with Crippen molar-refractivity contribution in [1.29, 1.82) is 0 Å². The molecule has 1 rings (SSSR count). The second-order valence-electron chi connectivity index (χ2n) is 2.42. The highest BCUT2D eigenvalue weighted by Gasteiger charge is 2.24. The molecule has 3 nitrogen and oxygen atoms in total. The van der Waals surface area contributed by atoms with Crippen LogP contribution in [-0.4, -0.2) is 5.84 Å². The number of rotatable bonds is 2. The van der Waals surface area contributed by atoms with E-state index in [4.69, 9.17) is 16.9 Å². The second kappa shape index (κ2) is 2.09. The molecule has 1 aliphatic rings. The summed E-state index contributed by atoms with van der Waals surface area (Å²) >= 11 is 0. The Morgan fingerprint density at radius 1 is 1.44 bits per heavy atom. The van der Waals surface area contributed by atoms with Crippen molar-refractivity contribution in [1.82, 2.24) is 0 Å². The van der Waals surface area contributed by atoms with Crippen LogP contribution in [0.25, 0.3) is 0 Å². The Labute approximate surface area is 54.2 Å². The van der Waals surface area contributed by atoms with Crippen LogP contribution < -0.4 is 16.9 Å². The molecule has 0 unspecified atom stereocenters. The van der Waals surface area contributed by atoms with Gasteiger partial charge in [-0.1, -0.05) is 0 Å². The average molecular weight is 126 g/mol. The van der Waals surface area contributed by atoms with Crippen LogP contribution >= 0.6 is 0 Å². The topological polar surface area (TPSA) is 77.6 Å². The highest BCUT2D eigenvalue weighted by atomic mass is 14.7. The van der Waals surface area contributed by atoms with Gasteiger partial charge >= 0.3 is 0 Å². The molecule has 0 heterocycles. The Hall–Kier alpha value is -0.990. The molecular weight excluding hydrogens is 114 g/mol. The standard InChI is InChI=1S/C6H11N3/c7-5(3-6(8)9)4-1-2-4/h3-4H,1-2,7H2,(H3,8,9)/p+1/b5-3-. The first-order valence-corrected chi connectivity index (χ1v) is 3.05. The molecule has 1 fully saturated rings. The lowest BCUT2D eigenvalue weighted by Crippen LogP contribution is -2.44. The maximum Gasteiger partial charge on any atom is 0.265 e. The maximum absolute atomic E-state index is 5.56. The van der Waals surface area contributed by atoms with Crippen molar-refractivity contribution in [2.24, 2.45) is 17.4 Å². The molecule has 1 aliphatic carbocycles. The normalized spacial score (nSPS) is 19.8. The van der Waals surface area contributed by atoms with Crippen LogP contribution in [0.5, 0.6) is 0 Å². The van der Waals surface area contributed by atoms with Crippen LogP contribution in [0.4, 0.5) is 0 Å². The summed E-state index contributed by atoms with van der Waals surface area (Å²) in [6.45, 7) is 0. The monoisotopic (exact) mass is 126 g/mol. The minimum atomic E-state index is 0.305. The zero-order valence-corrected chi connectivity index (χ0v) is 5.30. The molecule has 50 valence electrons. The van der Waals surface area contributed by atoms with Crippen LogP contribution in [0.15, 0.2) is 11.8 Å². The van der Waals surface area contributed by atoms with Gasteiger partial charge in [0, 0.05) is 11.8 Å². The summed E-state index contributed by atoms with van der Waals surface area (Å²) < 4.78 is 0. The third-order valence-electron chi connectivity index (χ3n) is 1.38. The fourth-order valence-corrected chi connectivity index (χ4v) is 0.727. The van der Waals surface area contributed by atoms with Gasteiger partial charge in [-0.25, -0.2) is 0 Å². The van der Waals surface area contributed by atoms with Gasteiger partial charge in [0.2, 0.25) is 0 Å². The molecule has 0 aliphatic heterocycles.